The number of ether oxygens (including phenoxy) is 4. The average Bonchev–Trinajstić information content (AvgIpc) is 3.47. The zero-order chi connectivity index (χ0) is 60.2. The molecule has 1 amide bonds. The van der Waals surface area contributed by atoms with Gasteiger partial charge in [0, 0.05) is 6.42 Å². The topological polar surface area (TPSA) is 228 Å². The molecule has 9 N–H and O–H groups in total. The monoisotopic (exact) mass is 1160 g/mol. The number of aliphatic hydroxyl groups is 8. The number of carbonyl (C=O) groups is 1. The maximum absolute atomic E-state index is 13.2. The van der Waals surface area contributed by atoms with Crippen molar-refractivity contribution >= 4 is 5.91 Å². The van der Waals surface area contributed by atoms with Crippen LogP contribution in [0, 0.1) is 0 Å². The molecule has 0 saturated carbocycles. The molecule has 2 saturated heterocycles. The van der Waals surface area contributed by atoms with E-state index in [4.69, 9.17) is 18.9 Å². The van der Waals surface area contributed by atoms with Gasteiger partial charge in [-0.1, -0.05) is 196 Å². The van der Waals surface area contributed by atoms with Gasteiger partial charge in [0.05, 0.1) is 32.0 Å². The fraction of sp³-hybridized carbons (Fsp3) is 0.551. The second-order valence-electron chi connectivity index (χ2n) is 20.3. The molecule has 0 radical (unpaired) electrons. The van der Waals surface area contributed by atoms with Gasteiger partial charge in [-0.05, 0) is 128 Å². The first-order chi connectivity index (χ1) is 40.6. The molecule has 2 heterocycles. The van der Waals surface area contributed by atoms with Crippen molar-refractivity contribution in [3.8, 4) is 0 Å². The highest BCUT2D eigenvalue weighted by Crippen LogP contribution is 2.30. The Morgan fingerprint density at radius 1 is 0.434 bits per heavy atom. The highest BCUT2D eigenvalue weighted by molar-refractivity contribution is 5.76. The lowest BCUT2D eigenvalue weighted by Crippen LogP contribution is -2.65. The van der Waals surface area contributed by atoms with Crippen LogP contribution in [0.15, 0.2) is 182 Å². The highest BCUT2D eigenvalue weighted by atomic mass is 16.7. The Hall–Kier alpha value is -4.91. The van der Waals surface area contributed by atoms with Gasteiger partial charge in [-0.15, -0.1) is 0 Å². The number of unbranched alkanes of at least 4 members (excludes halogenated alkanes) is 4. The minimum absolute atomic E-state index is 0.201. The van der Waals surface area contributed by atoms with Crippen LogP contribution in [-0.2, 0) is 23.7 Å². The quantitative estimate of drug-likeness (QED) is 0.0205. The first-order valence-electron chi connectivity index (χ1n) is 30.5. The fourth-order valence-corrected chi connectivity index (χ4v) is 8.48. The van der Waals surface area contributed by atoms with E-state index in [2.05, 4.69) is 189 Å². The van der Waals surface area contributed by atoms with Crippen molar-refractivity contribution in [3.63, 3.8) is 0 Å². The Labute approximate surface area is 498 Å². The number of nitrogens with one attached hydrogen (secondary N) is 1. The molecule has 0 aromatic heterocycles. The van der Waals surface area contributed by atoms with Crippen molar-refractivity contribution in [3.05, 3.63) is 182 Å². The third-order valence-corrected chi connectivity index (χ3v) is 13.3. The molecule has 14 nitrogen and oxygen atoms in total. The summed E-state index contributed by atoms with van der Waals surface area (Å²) in [6.45, 7) is 2.45. The number of carbonyl (C=O) groups excluding carboxylic acids is 1. The molecule has 12 unspecified atom stereocenters. The summed E-state index contributed by atoms with van der Waals surface area (Å²) in [5.74, 6) is -0.308. The SMILES string of the molecule is CC/C=C\C/C=C\C/C=C\C/C=C\C/C=C\C/C=C\C/C=C\C/C=C\C/C=C\C/C=C\C/C=C\C/C=C\CCCCC(=O)NC(COC1OC(CO)C(OC2OC(CO)C(O)C(O)C2O)C(O)C1O)C(O)/C=C/CC/C=C/CC/C=C/CC. The van der Waals surface area contributed by atoms with Gasteiger partial charge in [-0.2, -0.15) is 0 Å². The highest BCUT2D eigenvalue weighted by Gasteiger charge is 2.51. The standard InChI is InChI=1S/C69H105NO13/c1-3-5-7-9-11-13-15-16-17-18-19-20-21-22-23-24-25-26-27-28-29-30-31-32-33-34-35-36-37-38-39-40-41-42-43-45-47-49-51-53-61(74)70-57(58(73)52-50-48-46-44-14-12-10-8-6-4-2)56-80-68-66(79)64(77)67(60(55-72)82-68)83-69-65(78)63(76)62(75)59(54-71)81-69/h5-8,11,13-14,16-17,19-20,22-23,25-26,28-29,31-32,34-35,37-38,40-41,43-45,50,52,57-60,62-69,71-73,75-79H,3-4,9-10,12,15,18,21,24,27,30,33,36,39,42,46-49,51,53-56H2,1-2H3,(H,70,74)/b7-5-,8-6+,13-11-,17-16-,20-19-,23-22-,26-25-,29-28-,32-31-,35-34-,38-37-,41-40-,44-14+,45-43-,52-50+. The van der Waals surface area contributed by atoms with E-state index >= 15 is 0 Å². The Bertz CT molecular complexity index is 2090. The van der Waals surface area contributed by atoms with E-state index in [1.54, 1.807) is 6.08 Å². The van der Waals surface area contributed by atoms with Crippen molar-refractivity contribution in [2.45, 2.75) is 222 Å². The number of allylic oxidation sites excluding steroid dienone is 29. The average molecular weight is 1160 g/mol. The van der Waals surface area contributed by atoms with E-state index < -0.39 is 86.8 Å². The second kappa shape index (κ2) is 51.5. The van der Waals surface area contributed by atoms with Gasteiger partial charge in [-0.3, -0.25) is 4.79 Å². The Balaban J connectivity index is 1.67. The number of amides is 1. The molecular weight excluding hydrogens is 1050 g/mol. The molecule has 2 fully saturated rings. The van der Waals surface area contributed by atoms with Crippen LogP contribution in [0.2, 0.25) is 0 Å². The molecule has 83 heavy (non-hydrogen) atoms. The summed E-state index contributed by atoms with van der Waals surface area (Å²) in [7, 11) is 0. The number of hydrogen-bond acceptors (Lipinski definition) is 13. The zero-order valence-electron chi connectivity index (χ0n) is 49.8. The van der Waals surface area contributed by atoms with Crippen molar-refractivity contribution in [1.82, 2.24) is 5.32 Å². The van der Waals surface area contributed by atoms with Crippen molar-refractivity contribution in [2.75, 3.05) is 19.8 Å². The maximum Gasteiger partial charge on any atom is 0.220 e. The molecule has 2 aliphatic heterocycles. The lowest BCUT2D eigenvalue weighted by atomic mass is 9.97. The van der Waals surface area contributed by atoms with E-state index in [0.29, 0.717) is 12.8 Å². The third-order valence-electron chi connectivity index (χ3n) is 13.3. The van der Waals surface area contributed by atoms with Crippen LogP contribution in [0.25, 0.3) is 0 Å². The van der Waals surface area contributed by atoms with Crippen molar-refractivity contribution in [2.24, 2.45) is 0 Å². The molecule has 464 valence electrons. The van der Waals surface area contributed by atoms with Crippen LogP contribution in [0.1, 0.15) is 149 Å². The van der Waals surface area contributed by atoms with Gasteiger partial charge in [0.25, 0.3) is 0 Å². The molecule has 0 aromatic carbocycles. The molecule has 0 aliphatic carbocycles. The van der Waals surface area contributed by atoms with Crippen LogP contribution < -0.4 is 5.32 Å². The Morgan fingerprint density at radius 2 is 0.795 bits per heavy atom. The Kier molecular flexibility index (Phi) is 46.0. The molecule has 14 heteroatoms. The number of aliphatic hydroxyl groups excluding tert-OH is 8. The summed E-state index contributed by atoms with van der Waals surface area (Å²) in [4.78, 5) is 13.2. The predicted molar refractivity (Wildman–Crippen MR) is 336 cm³/mol. The largest absolute Gasteiger partial charge is 0.394 e. The first kappa shape index (κ1) is 74.2. The third kappa shape index (κ3) is 36.5. The lowest BCUT2D eigenvalue weighted by Gasteiger charge is -2.46. The predicted octanol–water partition coefficient (Wildman–Crippen LogP) is 11.0. The van der Waals surface area contributed by atoms with Gasteiger partial charge < -0.3 is 65.1 Å². The summed E-state index contributed by atoms with van der Waals surface area (Å²) in [6, 6.07) is -0.974. The normalized spacial score (nSPS) is 25.1. The summed E-state index contributed by atoms with van der Waals surface area (Å²) in [5, 5.41) is 86.7. The second-order valence-corrected chi connectivity index (χ2v) is 20.3. The van der Waals surface area contributed by atoms with Crippen LogP contribution in [0.5, 0.6) is 0 Å². The van der Waals surface area contributed by atoms with Gasteiger partial charge in [0.2, 0.25) is 5.91 Å². The van der Waals surface area contributed by atoms with E-state index in [9.17, 15) is 45.6 Å². The van der Waals surface area contributed by atoms with E-state index in [0.717, 1.165) is 116 Å². The van der Waals surface area contributed by atoms with Crippen LogP contribution >= 0.6 is 0 Å². The molecular formula is C69H105NO13. The summed E-state index contributed by atoms with van der Waals surface area (Å²) in [6.07, 6.45) is 65.4. The van der Waals surface area contributed by atoms with E-state index in [1.165, 1.54) is 0 Å². The van der Waals surface area contributed by atoms with Crippen LogP contribution in [0.4, 0.5) is 0 Å². The van der Waals surface area contributed by atoms with Crippen molar-refractivity contribution in [1.29, 1.82) is 0 Å². The maximum atomic E-state index is 13.2. The van der Waals surface area contributed by atoms with Crippen LogP contribution in [0.3, 0.4) is 0 Å². The molecule has 0 bridgehead atoms. The molecule has 0 aromatic rings. The van der Waals surface area contributed by atoms with Crippen molar-refractivity contribution < 1.29 is 64.6 Å². The van der Waals surface area contributed by atoms with Gasteiger partial charge in [-0.25, -0.2) is 0 Å². The smallest absolute Gasteiger partial charge is 0.220 e. The summed E-state index contributed by atoms with van der Waals surface area (Å²) >= 11 is 0. The first-order valence-corrected chi connectivity index (χ1v) is 30.5. The molecule has 0 spiro atoms. The summed E-state index contributed by atoms with van der Waals surface area (Å²) in [5.41, 5.74) is 0. The zero-order valence-corrected chi connectivity index (χ0v) is 49.8. The summed E-state index contributed by atoms with van der Waals surface area (Å²) < 4.78 is 22.6. The van der Waals surface area contributed by atoms with Gasteiger partial charge in [0.15, 0.2) is 12.6 Å². The van der Waals surface area contributed by atoms with E-state index in [1.807, 2.05) is 6.08 Å². The molecule has 12 atom stereocenters. The fourth-order valence-electron chi connectivity index (χ4n) is 8.48. The molecule has 2 aliphatic rings. The minimum atomic E-state index is -1.81. The lowest BCUT2D eigenvalue weighted by molar-refractivity contribution is -0.359. The molecule has 2 rings (SSSR count). The minimum Gasteiger partial charge on any atom is -0.394 e. The van der Waals surface area contributed by atoms with Gasteiger partial charge in [0.1, 0.15) is 48.8 Å². The number of rotatable bonds is 45. The number of hydrogen-bond donors (Lipinski definition) is 9. The van der Waals surface area contributed by atoms with Crippen LogP contribution in [-0.4, -0.2) is 140 Å². The van der Waals surface area contributed by atoms with E-state index in [-0.39, 0.29) is 18.9 Å². The Morgan fingerprint density at radius 3 is 1.23 bits per heavy atom. The van der Waals surface area contributed by atoms with Gasteiger partial charge >= 0.3 is 0 Å².